The molecule has 1 aromatic carbocycles. The molecule has 1 atom stereocenters. The van der Waals surface area contributed by atoms with E-state index in [9.17, 15) is 9.18 Å². The maximum Gasteiger partial charge on any atom is 0.317 e. The molecule has 1 fully saturated rings. The highest BCUT2D eigenvalue weighted by atomic mass is 19.1. The van der Waals surface area contributed by atoms with Gasteiger partial charge in [-0.2, -0.15) is 0 Å². The predicted octanol–water partition coefficient (Wildman–Crippen LogP) is 3.75. The number of nitrogens with one attached hydrogen (secondary N) is 1. The fraction of sp³-hybridized carbons (Fsp3) is 0.524. The Balaban J connectivity index is 1.65. The van der Waals surface area contributed by atoms with Crippen LogP contribution in [-0.4, -0.2) is 40.1 Å². The highest BCUT2D eigenvalue weighted by Crippen LogP contribution is 2.22. The van der Waals surface area contributed by atoms with Gasteiger partial charge in [-0.15, -0.1) is 0 Å². The summed E-state index contributed by atoms with van der Waals surface area (Å²) in [7, 11) is 0. The Morgan fingerprint density at radius 2 is 2.11 bits per heavy atom. The number of hydrogen-bond donors (Lipinski definition) is 1. The molecule has 2 heterocycles. The number of carbonyl (C=O) groups is 1. The van der Waals surface area contributed by atoms with Crippen LogP contribution in [0.2, 0.25) is 0 Å². The molecule has 1 unspecified atom stereocenters. The Morgan fingerprint density at radius 3 is 2.85 bits per heavy atom. The topological polar surface area (TPSA) is 50.2 Å². The van der Waals surface area contributed by atoms with E-state index in [-0.39, 0.29) is 11.8 Å². The highest BCUT2D eigenvalue weighted by Gasteiger charge is 2.25. The highest BCUT2D eigenvalue weighted by molar-refractivity contribution is 5.74. The molecule has 0 saturated carbocycles. The average molecular weight is 372 g/mol. The minimum Gasteiger partial charge on any atom is -0.338 e. The van der Waals surface area contributed by atoms with Crippen molar-refractivity contribution >= 4 is 6.03 Å². The Labute approximate surface area is 160 Å². The number of amides is 2. The first-order chi connectivity index (χ1) is 13.1. The fourth-order valence-electron chi connectivity index (χ4n) is 3.68. The summed E-state index contributed by atoms with van der Waals surface area (Å²) in [6.45, 7) is 7.12. The Morgan fingerprint density at radius 1 is 1.33 bits per heavy atom. The fourth-order valence-corrected chi connectivity index (χ4v) is 3.68. The zero-order chi connectivity index (χ0) is 19.2. The van der Waals surface area contributed by atoms with Crippen LogP contribution in [0.3, 0.4) is 0 Å². The lowest BCUT2D eigenvalue weighted by molar-refractivity contribution is 0.164. The third-order valence-corrected chi connectivity index (χ3v) is 5.20. The molecule has 1 N–H and O–H groups in total. The molecule has 0 radical (unpaired) electrons. The van der Waals surface area contributed by atoms with Crippen LogP contribution in [0.1, 0.15) is 43.3 Å². The van der Waals surface area contributed by atoms with Crippen molar-refractivity contribution < 1.29 is 9.18 Å². The van der Waals surface area contributed by atoms with Crippen molar-refractivity contribution in [2.75, 3.05) is 19.6 Å². The third-order valence-electron chi connectivity index (χ3n) is 5.20. The van der Waals surface area contributed by atoms with Crippen LogP contribution in [0, 0.1) is 18.7 Å². The zero-order valence-corrected chi connectivity index (χ0v) is 16.2. The summed E-state index contributed by atoms with van der Waals surface area (Å²) in [5.41, 5.74) is 2.16. The number of halogens is 1. The van der Waals surface area contributed by atoms with Crippen LogP contribution in [-0.2, 0) is 13.0 Å². The standard InChI is InChI=1S/C21H29FN4O/c1-3-10-23-21(27)25-11-4-5-18(14-25)12-20-24-13-16(2)26(20)15-17-6-8-19(22)9-7-17/h6-9,13,18H,3-5,10-12,14-15H2,1-2H3,(H,23,27). The maximum atomic E-state index is 13.2. The van der Waals surface area contributed by atoms with Crippen molar-refractivity contribution in [1.82, 2.24) is 19.8 Å². The zero-order valence-electron chi connectivity index (χ0n) is 16.2. The van der Waals surface area contributed by atoms with Crippen molar-refractivity contribution in [3.8, 4) is 0 Å². The molecule has 3 rings (SSSR count). The number of rotatable bonds is 6. The van der Waals surface area contributed by atoms with E-state index in [0.717, 1.165) is 62.4 Å². The van der Waals surface area contributed by atoms with Gasteiger partial charge in [-0.05, 0) is 49.8 Å². The monoisotopic (exact) mass is 372 g/mol. The van der Waals surface area contributed by atoms with E-state index in [4.69, 9.17) is 0 Å². The number of aromatic nitrogens is 2. The van der Waals surface area contributed by atoms with Gasteiger partial charge < -0.3 is 14.8 Å². The number of benzene rings is 1. The molecule has 1 saturated heterocycles. The first-order valence-corrected chi connectivity index (χ1v) is 9.85. The van der Waals surface area contributed by atoms with Crippen LogP contribution < -0.4 is 5.32 Å². The SMILES string of the molecule is CCCNC(=O)N1CCCC(Cc2ncc(C)n2Cc2ccc(F)cc2)C1. The van der Waals surface area contributed by atoms with Crippen molar-refractivity contribution in [2.24, 2.45) is 5.92 Å². The molecule has 5 nitrogen and oxygen atoms in total. The van der Waals surface area contributed by atoms with Gasteiger partial charge in [0, 0.05) is 44.5 Å². The largest absolute Gasteiger partial charge is 0.338 e. The summed E-state index contributed by atoms with van der Waals surface area (Å²) in [6.07, 6.45) is 5.84. The molecule has 2 aromatic rings. The second-order valence-corrected chi connectivity index (χ2v) is 7.42. The molecule has 146 valence electrons. The minimum absolute atomic E-state index is 0.0485. The smallest absolute Gasteiger partial charge is 0.317 e. The van der Waals surface area contributed by atoms with Gasteiger partial charge >= 0.3 is 6.03 Å². The van der Waals surface area contributed by atoms with Gasteiger partial charge in [0.2, 0.25) is 0 Å². The quantitative estimate of drug-likeness (QED) is 0.839. The molecule has 1 aliphatic heterocycles. The van der Waals surface area contributed by atoms with Gasteiger partial charge in [-0.1, -0.05) is 19.1 Å². The molecular formula is C21H29FN4O. The van der Waals surface area contributed by atoms with E-state index in [0.29, 0.717) is 12.5 Å². The van der Waals surface area contributed by atoms with E-state index in [2.05, 4.69) is 21.8 Å². The molecule has 1 aromatic heterocycles. The van der Waals surface area contributed by atoms with Crippen molar-refractivity contribution in [3.63, 3.8) is 0 Å². The predicted molar refractivity (Wildman–Crippen MR) is 104 cm³/mol. The van der Waals surface area contributed by atoms with E-state index < -0.39 is 0 Å². The van der Waals surface area contributed by atoms with E-state index in [1.807, 2.05) is 30.2 Å². The summed E-state index contributed by atoms with van der Waals surface area (Å²) < 4.78 is 15.4. The van der Waals surface area contributed by atoms with E-state index in [1.165, 1.54) is 12.1 Å². The number of piperidine rings is 1. The van der Waals surface area contributed by atoms with Crippen LogP contribution in [0.25, 0.3) is 0 Å². The minimum atomic E-state index is -0.218. The molecule has 0 bridgehead atoms. The molecule has 1 aliphatic rings. The van der Waals surface area contributed by atoms with Gasteiger partial charge in [0.05, 0.1) is 0 Å². The molecular weight excluding hydrogens is 343 g/mol. The summed E-state index contributed by atoms with van der Waals surface area (Å²) in [5.74, 6) is 1.24. The van der Waals surface area contributed by atoms with Crippen molar-refractivity contribution in [1.29, 1.82) is 0 Å². The lowest BCUT2D eigenvalue weighted by Crippen LogP contribution is -2.46. The number of hydrogen-bond acceptors (Lipinski definition) is 2. The van der Waals surface area contributed by atoms with Crippen LogP contribution in [0.5, 0.6) is 0 Å². The van der Waals surface area contributed by atoms with E-state index >= 15 is 0 Å². The Kier molecular flexibility index (Phi) is 6.48. The maximum absolute atomic E-state index is 13.2. The van der Waals surface area contributed by atoms with Crippen LogP contribution >= 0.6 is 0 Å². The third kappa shape index (κ3) is 5.08. The van der Waals surface area contributed by atoms with Gasteiger partial charge in [0.25, 0.3) is 0 Å². The molecule has 0 spiro atoms. The van der Waals surface area contributed by atoms with Gasteiger partial charge in [0.1, 0.15) is 11.6 Å². The average Bonchev–Trinajstić information content (AvgIpc) is 3.01. The first kappa shape index (κ1) is 19.4. The van der Waals surface area contributed by atoms with Crippen LogP contribution in [0.4, 0.5) is 9.18 Å². The van der Waals surface area contributed by atoms with Gasteiger partial charge in [-0.25, -0.2) is 14.2 Å². The number of nitrogens with zero attached hydrogens (tertiary/aromatic N) is 3. The van der Waals surface area contributed by atoms with Crippen molar-refractivity contribution in [3.05, 3.63) is 53.4 Å². The van der Waals surface area contributed by atoms with Gasteiger partial charge in [0.15, 0.2) is 0 Å². The summed E-state index contributed by atoms with van der Waals surface area (Å²) >= 11 is 0. The lowest BCUT2D eigenvalue weighted by atomic mass is 9.94. The molecule has 2 amide bonds. The second kappa shape index (κ2) is 9.02. The number of urea groups is 1. The number of aryl methyl sites for hydroxylation is 1. The van der Waals surface area contributed by atoms with E-state index in [1.54, 1.807) is 0 Å². The second-order valence-electron chi connectivity index (χ2n) is 7.42. The summed E-state index contributed by atoms with van der Waals surface area (Å²) in [5, 5.41) is 2.97. The van der Waals surface area contributed by atoms with Crippen molar-refractivity contribution in [2.45, 2.75) is 46.1 Å². The number of carbonyl (C=O) groups excluding carboxylic acids is 1. The normalized spacial score (nSPS) is 17.1. The number of imidazole rings is 1. The number of likely N-dealkylation sites (tertiary alicyclic amines) is 1. The summed E-state index contributed by atoms with van der Waals surface area (Å²) in [6, 6.07) is 6.68. The van der Waals surface area contributed by atoms with Crippen LogP contribution in [0.15, 0.2) is 30.5 Å². The molecule has 0 aliphatic carbocycles. The lowest BCUT2D eigenvalue weighted by Gasteiger charge is -2.32. The summed E-state index contributed by atoms with van der Waals surface area (Å²) in [4.78, 5) is 18.8. The first-order valence-electron chi connectivity index (χ1n) is 9.85. The Hall–Kier alpha value is -2.37. The Bertz CT molecular complexity index is 756. The molecule has 27 heavy (non-hydrogen) atoms. The van der Waals surface area contributed by atoms with Gasteiger partial charge in [-0.3, -0.25) is 0 Å². The molecule has 6 heteroatoms.